The van der Waals surface area contributed by atoms with Crippen LogP contribution in [-0.4, -0.2) is 0 Å². The topological polar surface area (TPSA) is 6.48 Å². The normalized spacial score (nSPS) is 12.0. The van der Waals surface area contributed by atoms with Crippen molar-refractivity contribution in [1.29, 1.82) is 0 Å². The fourth-order valence-corrected chi connectivity index (χ4v) is 12.1. The summed E-state index contributed by atoms with van der Waals surface area (Å²) in [5.74, 6) is 0. The Morgan fingerprint density at radius 3 is 1.30 bits per heavy atom. The number of anilines is 6. The van der Waals surface area contributed by atoms with Crippen LogP contribution in [0.15, 0.2) is 224 Å². The molecule has 0 fully saturated rings. The van der Waals surface area contributed by atoms with Gasteiger partial charge in [-0.1, -0.05) is 177 Å². The molecule has 70 heavy (non-hydrogen) atoms. The number of hydrogen-bond acceptors (Lipinski definition) is 2. The molecule has 0 radical (unpaired) electrons. The smallest absolute Gasteiger partial charge is 0.0540 e. The first kappa shape index (κ1) is 40.4. The predicted molar refractivity (Wildman–Crippen MR) is 303 cm³/mol. The van der Waals surface area contributed by atoms with Gasteiger partial charge in [-0.2, -0.15) is 0 Å². The first-order valence-corrected chi connectivity index (χ1v) is 24.6. The number of fused-ring (bicyclic) bond motifs is 2. The van der Waals surface area contributed by atoms with Gasteiger partial charge in [-0.3, -0.25) is 0 Å². The van der Waals surface area contributed by atoms with Gasteiger partial charge in [0.25, 0.3) is 0 Å². The lowest BCUT2D eigenvalue weighted by Gasteiger charge is -2.32. The molecule has 14 aromatic carbocycles. The highest BCUT2D eigenvalue weighted by molar-refractivity contribution is 6.27. The Balaban J connectivity index is 1.07. The van der Waals surface area contributed by atoms with Gasteiger partial charge in [-0.15, -0.1) is 0 Å². The number of hydrogen-bond donors (Lipinski definition) is 0. The number of nitrogens with zero attached hydrogens (tertiary/aromatic N) is 2. The number of aryl methyl sites for hydroxylation is 2. The van der Waals surface area contributed by atoms with Crippen molar-refractivity contribution in [3.8, 4) is 11.1 Å². The molecule has 0 saturated heterocycles. The first-order chi connectivity index (χ1) is 34.5. The zero-order valence-electron chi connectivity index (χ0n) is 39.5. The number of rotatable bonds is 8. The van der Waals surface area contributed by atoms with Crippen molar-refractivity contribution in [3.05, 3.63) is 241 Å². The lowest BCUT2D eigenvalue weighted by molar-refractivity contribution is 1.12. The maximum absolute atomic E-state index is 2.56. The summed E-state index contributed by atoms with van der Waals surface area (Å²) in [7, 11) is 0. The molecule has 2 heteroatoms. The highest BCUT2D eigenvalue weighted by atomic mass is 15.2. The van der Waals surface area contributed by atoms with E-state index in [-0.39, 0.29) is 0 Å². The van der Waals surface area contributed by atoms with Crippen LogP contribution in [0.5, 0.6) is 0 Å². The SMILES string of the molecule is CCc1c(N(c2cccc(C)c2)c2ccc3ccc4cccc5ccc2c3c45)cc2ccccc2c1-c1cc(N(c2cccc(C)c2)c2ccc3ccc4cccc5ccc2c3c45)cc2ccccc12. The minimum atomic E-state index is 0.818. The highest BCUT2D eigenvalue weighted by Gasteiger charge is 2.26. The summed E-state index contributed by atoms with van der Waals surface area (Å²) in [4.78, 5) is 5.07. The molecule has 14 rings (SSSR count). The molecule has 0 heterocycles. The molecule has 0 amide bonds. The molecule has 0 saturated carbocycles. The summed E-state index contributed by atoms with van der Waals surface area (Å²) in [6.45, 7) is 6.74. The Bertz CT molecular complexity index is 4360. The molecular weight excluding hydrogens is 845 g/mol. The van der Waals surface area contributed by atoms with Crippen LogP contribution < -0.4 is 9.80 Å². The van der Waals surface area contributed by atoms with E-state index in [0.29, 0.717) is 0 Å². The molecule has 0 aliphatic heterocycles. The third-order valence-corrected chi connectivity index (χ3v) is 15.1. The minimum Gasteiger partial charge on any atom is -0.310 e. The standard InChI is InChI=1S/C68H48N2/c1-4-55-63(70(53-22-10-14-43(3)38-53)62-36-32-49-28-26-45-18-12-20-47-30-34-59(62)67(49)65(45)47)40-51-16-6-8-24-57(51)68(55)60-41-54(39-50-15-5-7-23-56(50)60)69(52-21-9-13-42(2)37-52)61-35-31-48-27-25-44-17-11-19-46-29-33-58(61)66(48)64(44)46/h5-41H,4H2,1-3H3. The summed E-state index contributed by atoms with van der Waals surface area (Å²) in [5, 5.41) is 20.2. The van der Waals surface area contributed by atoms with Crippen LogP contribution in [0.2, 0.25) is 0 Å². The molecule has 14 aromatic rings. The van der Waals surface area contributed by atoms with Crippen LogP contribution in [0, 0.1) is 13.8 Å². The Morgan fingerprint density at radius 1 is 0.300 bits per heavy atom. The van der Waals surface area contributed by atoms with Crippen LogP contribution >= 0.6 is 0 Å². The van der Waals surface area contributed by atoms with Gasteiger partial charge in [-0.25, -0.2) is 0 Å². The zero-order chi connectivity index (χ0) is 46.6. The van der Waals surface area contributed by atoms with Gasteiger partial charge in [0.15, 0.2) is 0 Å². The molecule has 0 aliphatic rings. The molecule has 0 aliphatic carbocycles. The van der Waals surface area contributed by atoms with Crippen molar-refractivity contribution in [1.82, 2.24) is 0 Å². The van der Waals surface area contributed by atoms with E-state index in [1.165, 1.54) is 125 Å². The van der Waals surface area contributed by atoms with Crippen molar-refractivity contribution in [2.75, 3.05) is 9.80 Å². The van der Waals surface area contributed by atoms with Crippen molar-refractivity contribution >= 4 is 120 Å². The van der Waals surface area contributed by atoms with Gasteiger partial charge in [-0.05, 0) is 178 Å². The number of benzene rings is 14. The summed E-state index contributed by atoms with van der Waals surface area (Å²) in [6, 6.07) is 84.5. The van der Waals surface area contributed by atoms with E-state index in [1.807, 2.05) is 0 Å². The minimum absolute atomic E-state index is 0.818. The van der Waals surface area contributed by atoms with Crippen molar-refractivity contribution in [3.63, 3.8) is 0 Å². The summed E-state index contributed by atoms with van der Waals surface area (Å²) >= 11 is 0. The maximum atomic E-state index is 2.56. The largest absolute Gasteiger partial charge is 0.310 e. The summed E-state index contributed by atoms with van der Waals surface area (Å²) in [5.41, 5.74) is 13.1. The summed E-state index contributed by atoms with van der Waals surface area (Å²) < 4.78 is 0. The van der Waals surface area contributed by atoms with Gasteiger partial charge >= 0.3 is 0 Å². The Labute approximate surface area is 407 Å². The molecule has 0 aromatic heterocycles. The maximum Gasteiger partial charge on any atom is 0.0540 e. The Hall–Kier alpha value is -8.72. The van der Waals surface area contributed by atoms with Crippen molar-refractivity contribution in [2.45, 2.75) is 27.2 Å². The van der Waals surface area contributed by atoms with Crippen LogP contribution in [0.3, 0.4) is 0 Å². The van der Waals surface area contributed by atoms with E-state index < -0.39 is 0 Å². The van der Waals surface area contributed by atoms with Gasteiger partial charge < -0.3 is 9.80 Å². The van der Waals surface area contributed by atoms with Gasteiger partial charge in [0.05, 0.1) is 17.1 Å². The quantitative estimate of drug-likeness (QED) is 0.140. The average Bonchev–Trinajstić information content (AvgIpc) is 3.40. The summed E-state index contributed by atoms with van der Waals surface area (Å²) in [6.07, 6.45) is 0.818. The lowest BCUT2D eigenvalue weighted by Crippen LogP contribution is -2.14. The fourth-order valence-electron chi connectivity index (χ4n) is 12.1. The van der Waals surface area contributed by atoms with Crippen LogP contribution in [-0.2, 0) is 6.42 Å². The zero-order valence-corrected chi connectivity index (χ0v) is 39.5. The van der Waals surface area contributed by atoms with E-state index in [2.05, 4.69) is 255 Å². The van der Waals surface area contributed by atoms with E-state index in [1.54, 1.807) is 0 Å². The van der Waals surface area contributed by atoms with Crippen molar-refractivity contribution in [2.24, 2.45) is 0 Å². The molecule has 0 unspecified atom stereocenters. The average molecular weight is 893 g/mol. The van der Waals surface area contributed by atoms with Crippen LogP contribution in [0.25, 0.3) is 97.3 Å². The monoisotopic (exact) mass is 892 g/mol. The second kappa shape index (κ2) is 15.7. The second-order valence-electron chi connectivity index (χ2n) is 19.3. The fraction of sp³-hybridized carbons (Fsp3) is 0.0588. The molecular formula is C68H48N2. The van der Waals surface area contributed by atoms with Gasteiger partial charge in [0.2, 0.25) is 0 Å². The molecule has 0 N–H and O–H groups in total. The van der Waals surface area contributed by atoms with E-state index >= 15 is 0 Å². The molecule has 0 atom stereocenters. The van der Waals surface area contributed by atoms with E-state index in [0.717, 1.165) is 29.2 Å². The molecule has 0 spiro atoms. The van der Waals surface area contributed by atoms with E-state index in [4.69, 9.17) is 0 Å². The van der Waals surface area contributed by atoms with Gasteiger partial charge in [0.1, 0.15) is 0 Å². The third-order valence-electron chi connectivity index (χ3n) is 15.1. The van der Waals surface area contributed by atoms with Crippen LogP contribution in [0.4, 0.5) is 34.1 Å². The Kier molecular flexibility index (Phi) is 9.03. The van der Waals surface area contributed by atoms with Gasteiger partial charge in [0, 0.05) is 27.8 Å². The molecule has 2 nitrogen and oxygen atoms in total. The van der Waals surface area contributed by atoms with Crippen LogP contribution in [0.1, 0.15) is 23.6 Å². The Morgan fingerprint density at radius 2 is 0.743 bits per heavy atom. The first-order valence-electron chi connectivity index (χ1n) is 24.6. The second-order valence-corrected chi connectivity index (χ2v) is 19.3. The molecule has 0 bridgehead atoms. The van der Waals surface area contributed by atoms with Crippen molar-refractivity contribution < 1.29 is 0 Å². The van der Waals surface area contributed by atoms with E-state index in [9.17, 15) is 0 Å². The predicted octanol–water partition coefficient (Wildman–Crippen LogP) is 19.6. The lowest BCUT2D eigenvalue weighted by atomic mass is 9.86. The highest BCUT2D eigenvalue weighted by Crippen LogP contribution is 2.51. The molecule has 330 valence electrons. The third kappa shape index (κ3) is 6.13.